The second-order valence-corrected chi connectivity index (χ2v) is 7.16. The van der Waals surface area contributed by atoms with Crippen molar-refractivity contribution in [2.24, 2.45) is 0 Å². The van der Waals surface area contributed by atoms with E-state index in [1.165, 1.54) is 6.26 Å². The molecule has 0 aromatic carbocycles. The largest absolute Gasteiger partial charge is 0.314 e. The van der Waals surface area contributed by atoms with Gasteiger partial charge in [0.25, 0.3) is 0 Å². The molecule has 0 saturated carbocycles. The lowest BCUT2D eigenvalue weighted by molar-refractivity contribution is 0.196. The molecule has 2 atom stereocenters. The minimum absolute atomic E-state index is 0.139. The van der Waals surface area contributed by atoms with Crippen molar-refractivity contribution in [1.29, 1.82) is 0 Å². The molecule has 0 bridgehead atoms. The Hall–Kier alpha value is -0.130. The molecule has 96 valence electrons. The van der Waals surface area contributed by atoms with Gasteiger partial charge < -0.3 is 5.32 Å². The summed E-state index contributed by atoms with van der Waals surface area (Å²) in [6, 6.07) is 0.675. The molecule has 16 heavy (non-hydrogen) atoms. The summed E-state index contributed by atoms with van der Waals surface area (Å²) >= 11 is 0. The summed E-state index contributed by atoms with van der Waals surface area (Å²) in [7, 11) is -2.86. The molecule has 0 spiro atoms. The first-order chi connectivity index (χ1) is 7.38. The van der Waals surface area contributed by atoms with Gasteiger partial charge >= 0.3 is 0 Å². The third-order valence-corrected chi connectivity index (χ3v) is 4.22. The second-order valence-electron chi connectivity index (χ2n) is 4.97. The van der Waals surface area contributed by atoms with E-state index in [1.807, 2.05) is 6.92 Å². The van der Waals surface area contributed by atoms with Gasteiger partial charge in [-0.3, -0.25) is 4.90 Å². The van der Waals surface area contributed by atoms with Crippen LogP contribution in [-0.4, -0.2) is 57.0 Å². The number of nitrogens with zero attached hydrogens (tertiary/aromatic N) is 1. The fourth-order valence-corrected chi connectivity index (χ4v) is 3.28. The smallest absolute Gasteiger partial charge is 0.148 e. The maximum Gasteiger partial charge on any atom is 0.148 e. The van der Waals surface area contributed by atoms with Gasteiger partial charge in [0.05, 0.1) is 5.75 Å². The van der Waals surface area contributed by atoms with Gasteiger partial charge in [0.2, 0.25) is 0 Å². The van der Waals surface area contributed by atoms with Crippen LogP contribution < -0.4 is 5.32 Å². The van der Waals surface area contributed by atoms with Crippen LogP contribution in [0.4, 0.5) is 0 Å². The van der Waals surface area contributed by atoms with Gasteiger partial charge in [0.1, 0.15) is 9.84 Å². The summed E-state index contributed by atoms with van der Waals surface area (Å²) in [6.07, 6.45) is 3.50. The summed E-state index contributed by atoms with van der Waals surface area (Å²) in [4.78, 5) is 2.30. The zero-order chi connectivity index (χ0) is 12.2. The lowest BCUT2D eigenvalue weighted by Crippen LogP contribution is -2.44. The molecule has 0 aromatic heterocycles. The van der Waals surface area contributed by atoms with Gasteiger partial charge in [0.15, 0.2) is 0 Å². The first-order valence-corrected chi connectivity index (χ1v) is 8.09. The van der Waals surface area contributed by atoms with E-state index in [0.717, 1.165) is 32.5 Å². The van der Waals surface area contributed by atoms with E-state index in [0.29, 0.717) is 6.04 Å². The Bertz CT molecular complexity index is 303. The van der Waals surface area contributed by atoms with Gasteiger partial charge in [-0.05, 0) is 46.3 Å². The highest BCUT2D eigenvalue weighted by Crippen LogP contribution is 2.08. The molecule has 1 saturated heterocycles. The molecular weight excluding hydrogens is 224 g/mol. The summed E-state index contributed by atoms with van der Waals surface area (Å²) in [5, 5.41) is 3.45. The van der Waals surface area contributed by atoms with E-state index in [1.54, 1.807) is 0 Å². The van der Waals surface area contributed by atoms with Gasteiger partial charge in [-0.25, -0.2) is 8.42 Å². The van der Waals surface area contributed by atoms with E-state index < -0.39 is 9.84 Å². The molecule has 1 fully saturated rings. The van der Waals surface area contributed by atoms with Gasteiger partial charge in [0, 0.05) is 18.3 Å². The Morgan fingerprint density at radius 2 is 2.12 bits per heavy atom. The van der Waals surface area contributed by atoms with Gasteiger partial charge in [-0.2, -0.15) is 0 Å². The highest BCUT2D eigenvalue weighted by atomic mass is 32.2. The van der Waals surface area contributed by atoms with E-state index >= 15 is 0 Å². The Labute approximate surface area is 99.3 Å². The average Bonchev–Trinajstić information content (AvgIpc) is 2.08. The normalized spacial score (nSPS) is 27.1. The maximum atomic E-state index is 11.3. The van der Waals surface area contributed by atoms with Crippen molar-refractivity contribution in [2.75, 3.05) is 31.6 Å². The lowest BCUT2D eigenvalue weighted by atomic mass is 10.1. The molecule has 1 aliphatic rings. The SMILES string of the molecule is CC1CCN(C(C)CS(C)(=O)=O)CCCN1. The van der Waals surface area contributed by atoms with Crippen LogP contribution >= 0.6 is 0 Å². The molecule has 0 aromatic rings. The van der Waals surface area contributed by atoms with Gasteiger partial charge in [-0.1, -0.05) is 0 Å². The second kappa shape index (κ2) is 5.98. The van der Waals surface area contributed by atoms with Crippen molar-refractivity contribution in [2.45, 2.75) is 38.8 Å². The quantitative estimate of drug-likeness (QED) is 0.790. The minimum Gasteiger partial charge on any atom is -0.314 e. The molecule has 1 heterocycles. The van der Waals surface area contributed by atoms with Crippen molar-refractivity contribution in [3.05, 3.63) is 0 Å². The molecule has 1 N–H and O–H groups in total. The standard InChI is InChI=1S/C11H24N2O2S/c1-10-5-8-13(7-4-6-12-10)11(2)9-16(3,14)15/h10-12H,4-9H2,1-3H3. The van der Waals surface area contributed by atoms with Crippen LogP contribution in [0.15, 0.2) is 0 Å². The molecule has 4 nitrogen and oxygen atoms in total. The Morgan fingerprint density at radius 3 is 2.75 bits per heavy atom. The Balaban J connectivity index is 2.49. The van der Waals surface area contributed by atoms with Crippen LogP contribution in [0, 0.1) is 0 Å². The monoisotopic (exact) mass is 248 g/mol. The lowest BCUT2D eigenvalue weighted by Gasteiger charge is -2.32. The maximum absolute atomic E-state index is 11.3. The topological polar surface area (TPSA) is 49.4 Å². The molecule has 1 rings (SSSR count). The third-order valence-electron chi connectivity index (χ3n) is 3.13. The highest BCUT2D eigenvalue weighted by molar-refractivity contribution is 7.90. The molecular formula is C11H24N2O2S. The number of sulfone groups is 1. The molecule has 2 unspecified atom stereocenters. The molecule has 5 heteroatoms. The predicted molar refractivity (Wildman–Crippen MR) is 67.4 cm³/mol. The first kappa shape index (κ1) is 13.9. The van der Waals surface area contributed by atoms with Crippen LogP contribution in [0.1, 0.15) is 26.7 Å². The van der Waals surface area contributed by atoms with Crippen LogP contribution in [-0.2, 0) is 9.84 Å². The molecule has 0 radical (unpaired) electrons. The van der Waals surface area contributed by atoms with Crippen molar-refractivity contribution in [1.82, 2.24) is 10.2 Å². The number of rotatable bonds is 3. The molecule has 1 aliphatic heterocycles. The van der Waals surface area contributed by atoms with E-state index in [9.17, 15) is 8.42 Å². The Morgan fingerprint density at radius 1 is 1.44 bits per heavy atom. The number of hydrogen-bond donors (Lipinski definition) is 1. The van der Waals surface area contributed by atoms with E-state index in [2.05, 4.69) is 17.1 Å². The van der Waals surface area contributed by atoms with Gasteiger partial charge in [-0.15, -0.1) is 0 Å². The van der Waals surface area contributed by atoms with Crippen molar-refractivity contribution < 1.29 is 8.42 Å². The predicted octanol–water partition coefficient (Wildman–Crippen LogP) is 0.493. The highest BCUT2D eigenvalue weighted by Gasteiger charge is 2.20. The van der Waals surface area contributed by atoms with E-state index in [4.69, 9.17) is 0 Å². The summed E-state index contributed by atoms with van der Waals surface area (Å²) < 4.78 is 22.5. The van der Waals surface area contributed by atoms with Crippen LogP contribution in [0.2, 0.25) is 0 Å². The third kappa shape index (κ3) is 5.27. The summed E-state index contributed by atoms with van der Waals surface area (Å²) in [5.41, 5.74) is 0. The fourth-order valence-electron chi connectivity index (χ4n) is 2.19. The summed E-state index contributed by atoms with van der Waals surface area (Å²) in [6.45, 7) is 7.22. The zero-order valence-electron chi connectivity index (χ0n) is 10.6. The van der Waals surface area contributed by atoms with Crippen LogP contribution in [0.5, 0.6) is 0 Å². The fraction of sp³-hybridized carbons (Fsp3) is 1.00. The number of hydrogen-bond acceptors (Lipinski definition) is 4. The zero-order valence-corrected chi connectivity index (χ0v) is 11.4. The van der Waals surface area contributed by atoms with Crippen LogP contribution in [0.25, 0.3) is 0 Å². The first-order valence-electron chi connectivity index (χ1n) is 6.03. The minimum atomic E-state index is -2.86. The van der Waals surface area contributed by atoms with Crippen LogP contribution in [0.3, 0.4) is 0 Å². The average molecular weight is 248 g/mol. The molecule has 0 aliphatic carbocycles. The van der Waals surface area contributed by atoms with Crippen molar-refractivity contribution >= 4 is 9.84 Å². The number of nitrogens with one attached hydrogen (secondary N) is 1. The van der Waals surface area contributed by atoms with Crippen molar-refractivity contribution in [3.63, 3.8) is 0 Å². The van der Waals surface area contributed by atoms with E-state index in [-0.39, 0.29) is 11.8 Å². The van der Waals surface area contributed by atoms with Crippen molar-refractivity contribution in [3.8, 4) is 0 Å². The Kier molecular flexibility index (Phi) is 5.21. The molecule has 0 amide bonds. The summed E-state index contributed by atoms with van der Waals surface area (Å²) in [5.74, 6) is 0.273.